The summed E-state index contributed by atoms with van der Waals surface area (Å²) in [6.45, 7) is 3.10. The van der Waals surface area contributed by atoms with Crippen LogP contribution in [0, 0.1) is 13.8 Å². The highest BCUT2D eigenvalue weighted by atomic mass is 35.5. The molecule has 2 aromatic carbocycles. The maximum Gasteiger partial charge on any atom is 0.340 e. The Hall–Kier alpha value is -3.69. The zero-order chi connectivity index (χ0) is 24.1. The van der Waals surface area contributed by atoms with Gasteiger partial charge in [0.05, 0.1) is 22.5 Å². The standard InChI is InChI=1S/C22H18Cl2N4O5/c1-12-7-8-14(9-13(12)2)26-22(32)27-18(29)11-33-21(31)15-5-3-4-6-17(15)28-20(30)19(24)16(23)10-25-28/h3-10H,11H2,1-2H3,(H2,26,27,29,32). The lowest BCUT2D eigenvalue weighted by molar-refractivity contribution is -0.123. The number of imide groups is 1. The van der Waals surface area contributed by atoms with E-state index in [2.05, 4.69) is 15.7 Å². The number of hydrogen-bond acceptors (Lipinski definition) is 6. The van der Waals surface area contributed by atoms with Crippen LogP contribution in [0.3, 0.4) is 0 Å². The van der Waals surface area contributed by atoms with E-state index in [4.69, 9.17) is 27.9 Å². The van der Waals surface area contributed by atoms with Crippen LogP contribution in [-0.2, 0) is 9.53 Å². The van der Waals surface area contributed by atoms with Crippen molar-refractivity contribution in [2.75, 3.05) is 11.9 Å². The Kier molecular flexibility index (Phi) is 7.47. The fourth-order valence-electron chi connectivity index (χ4n) is 2.77. The summed E-state index contributed by atoms with van der Waals surface area (Å²) in [5, 5.41) is 8.19. The van der Waals surface area contributed by atoms with Crippen molar-refractivity contribution in [3.8, 4) is 5.69 Å². The van der Waals surface area contributed by atoms with Crippen molar-refractivity contribution in [3.05, 3.63) is 85.8 Å². The second kappa shape index (κ2) is 10.3. The molecular formula is C22H18Cl2N4O5. The fraction of sp³-hybridized carbons (Fsp3) is 0.136. The number of benzene rings is 2. The maximum atomic E-state index is 12.5. The molecule has 0 aliphatic rings. The topological polar surface area (TPSA) is 119 Å². The number of amides is 3. The molecule has 1 aromatic heterocycles. The number of rotatable bonds is 5. The first kappa shape index (κ1) is 24.0. The van der Waals surface area contributed by atoms with Gasteiger partial charge in [-0.05, 0) is 49.2 Å². The lowest BCUT2D eigenvalue weighted by atomic mass is 10.1. The molecule has 9 nitrogen and oxygen atoms in total. The molecule has 3 aromatic rings. The molecule has 0 saturated heterocycles. The minimum atomic E-state index is -0.907. The molecular weight excluding hydrogens is 471 g/mol. The van der Waals surface area contributed by atoms with Crippen LogP contribution in [0.25, 0.3) is 5.69 Å². The summed E-state index contributed by atoms with van der Waals surface area (Å²) in [6, 6.07) is 10.5. The van der Waals surface area contributed by atoms with Crippen LogP contribution in [0.1, 0.15) is 21.5 Å². The van der Waals surface area contributed by atoms with Gasteiger partial charge in [-0.3, -0.25) is 14.9 Å². The van der Waals surface area contributed by atoms with Gasteiger partial charge < -0.3 is 10.1 Å². The van der Waals surface area contributed by atoms with Crippen molar-refractivity contribution >= 4 is 46.8 Å². The van der Waals surface area contributed by atoms with Crippen molar-refractivity contribution < 1.29 is 19.1 Å². The number of para-hydroxylation sites is 1. The summed E-state index contributed by atoms with van der Waals surface area (Å²) >= 11 is 11.7. The number of carbonyl (C=O) groups is 3. The zero-order valence-corrected chi connectivity index (χ0v) is 19.0. The van der Waals surface area contributed by atoms with Gasteiger partial charge in [0.15, 0.2) is 6.61 Å². The summed E-state index contributed by atoms with van der Waals surface area (Å²) in [4.78, 5) is 49.0. The molecule has 170 valence electrons. The van der Waals surface area contributed by atoms with Crippen LogP contribution in [0.4, 0.5) is 10.5 Å². The van der Waals surface area contributed by atoms with E-state index in [1.165, 1.54) is 12.1 Å². The van der Waals surface area contributed by atoms with E-state index >= 15 is 0 Å². The molecule has 3 rings (SSSR count). The highest BCUT2D eigenvalue weighted by molar-refractivity contribution is 6.41. The number of carbonyl (C=O) groups excluding carboxylic acids is 3. The van der Waals surface area contributed by atoms with Crippen molar-refractivity contribution in [1.29, 1.82) is 0 Å². The second-order valence-corrected chi connectivity index (χ2v) is 7.70. The highest BCUT2D eigenvalue weighted by Gasteiger charge is 2.19. The van der Waals surface area contributed by atoms with E-state index in [1.807, 2.05) is 19.9 Å². The molecule has 11 heteroatoms. The minimum absolute atomic E-state index is 0.0336. The highest BCUT2D eigenvalue weighted by Crippen LogP contribution is 2.18. The Morgan fingerprint density at radius 2 is 1.79 bits per heavy atom. The van der Waals surface area contributed by atoms with Crippen LogP contribution < -0.4 is 16.2 Å². The van der Waals surface area contributed by atoms with E-state index < -0.39 is 30.1 Å². The number of esters is 1. The fourth-order valence-corrected chi connectivity index (χ4v) is 3.02. The molecule has 0 bridgehead atoms. The normalized spacial score (nSPS) is 10.4. The minimum Gasteiger partial charge on any atom is -0.452 e. The van der Waals surface area contributed by atoms with Gasteiger partial charge in [0.25, 0.3) is 11.5 Å². The molecule has 33 heavy (non-hydrogen) atoms. The van der Waals surface area contributed by atoms with Crippen molar-refractivity contribution in [3.63, 3.8) is 0 Å². The first-order chi connectivity index (χ1) is 15.7. The predicted octanol–water partition coefficient (Wildman–Crippen LogP) is 3.66. The summed E-state index contributed by atoms with van der Waals surface area (Å²) < 4.78 is 5.89. The largest absolute Gasteiger partial charge is 0.452 e. The first-order valence-corrected chi connectivity index (χ1v) is 10.3. The molecule has 1 heterocycles. The van der Waals surface area contributed by atoms with E-state index in [0.717, 1.165) is 22.0 Å². The summed E-state index contributed by atoms with van der Waals surface area (Å²) in [6.07, 6.45) is 1.16. The Morgan fingerprint density at radius 1 is 1.06 bits per heavy atom. The quantitative estimate of drug-likeness (QED) is 0.528. The lowest BCUT2D eigenvalue weighted by Gasteiger charge is -2.11. The van der Waals surface area contributed by atoms with Gasteiger partial charge in [-0.1, -0.05) is 41.4 Å². The molecule has 2 N–H and O–H groups in total. The van der Waals surface area contributed by atoms with Gasteiger partial charge in [0.2, 0.25) is 0 Å². The summed E-state index contributed by atoms with van der Waals surface area (Å²) in [7, 11) is 0. The molecule has 0 aliphatic heterocycles. The first-order valence-electron chi connectivity index (χ1n) is 9.55. The van der Waals surface area contributed by atoms with Crippen LogP contribution in [0.15, 0.2) is 53.5 Å². The van der Waals surface area contributed by atoms with Gasteiger partial charge >= 0.3 is 12.0 Å². The van der Waals surface area contributed by atoms with Crippen LogP contribution in [0.5, 0.6) is 0 Å². The lowest BCUT2D eigenvalue weighted by Crippen LogP contribution is -2.37. The SMILES string of the molecule is Cc1ccc(NC(=O)NC(=O)COC(=O)c2ccccc2-n2ncc(Cl)c(Cl)c2=O)cc1C. The number of nitrogens with zero attached hydrogens (tertiary/aromatic N) is 2. The Morgan fingerprint density at radius 3 is 2.52 bits per heavy atom. The van der Waals surface area contributed by atoms with E-state index in [0.29, 0.717) is 5.69 Å². The third-order valence-corrected chi connectivity index (χ3v) is 5.33. The zero-order valence-electron chi connectivity index (χ0n) is 17.5. The maximum absolute atomic E-state index is 12.5. The number of aryl methyl sites for hydroxylation is 2. The van der Waals surface area contributed by atoms with E-state index in [-0.39, 0.29) is 21.3 Å². The van der Waals surface area contributed by atoms with Crippen LogP contribution >= 0.6 is 23.2 Å². The van der Waals surface area contributed by atoms with E-state index in [1.54, 1.807) is 24.3 Å². The van der Waals surface area contributed by atoms with Crippen molar-refractivity contribution in [2.45, 2.75) is 13.8 Å². The summed E-state index contributed by atoms with van der Waals surface area (Å²) in [5.41, 5.74) is 1.85. The van der Waals surface area contributed by atoms with Crippen molar-refractivity contribution in [2.24, 2.45) is 0 Å². The Labute approximate surface area is 198 Å². The number of halogens is 2. The predicted molar refractivity (Wildman–Crippen MR) is 123 cm³/mol. The number of ether oxygens (including phenoxy) is 1. The number of nitrogens with one attached hydrogen (secondary N) is 2. The van der Waals surface area contributed by atoms with Gasteiger partial charge in [-0.25, -0.2) is 9.59 Å². The average Bonchev–Trinajstić information content (AvgIpc) is 2.78. The van der Waals surface area contributed by atoms with Gasteiger partial charge in [-0.15, -0.1) is 0 Å². The molecule has 0 fully saturated rings. The molecule has 3 amide bonds. The van der Waals surface area contributed by atoms with E-state index in [9.17, 15) is 19.2 Å². The van der Waals surface area contributed by atoms with Crippen LogP contribution in [-0.4, -0.2) is 34.3 Å². The number of hydrogen-bond donors (Lipinski definition) is 2. The summed E-state index contributed by atoms with van der Waals surface area (Å²) in [5.74, 6) is -1.75. The second-order valence-electron chi connectivity index (χ2n) is 6.92. The van der Waals surface area contributed by atoms with Crippen LogP contribution in [0.2, 0.25) is 10.0 Å². The molecule has 0 radical (unpaired) electrons. The number of aromatic nitrogens is 2. The molecule has 0 atom stereocenters. The number of anilines is 1. The molecule has 0 unspecified atom stereocenters. The monoisotopic (exact) mass is 488 g/mol. The third kappa shape index (κ3) is 5.76. The smallest absolute Gasteiger partial charge is 0.340 e. The molecule has 0 saturated carbocycles. The molecule has 0 aliphatic carbocycles. The molecule has 0 spiro atoms. The van der Waals surface area contributed by atoms with Gasteiger partial charge in [0.1, 0.15) is 5.02 Å². The Bertz CT molecular complexity index is 1310. The van der Waals surface area contributed by atoms with Gasteiger partial charge in [-0.2, -0.15) is 9.78 Å². The average molecular weight is 489 g/mol. The number of urea groups is 1. The van der Waals surface area contributed by atoms with Gasteiger partial charge in [0, 0.05) is 5.69 Å². The van der Waals surface area contributed by atoms with Crippen molar-refractivity contribution in [1.82, 2.24) is 15.1 Å². The third-order valence-electron chi connectivity index (χ3n) is 4.58. The Balaban J connectivity index is 1.65.